The zero-order valence-corrected chi connectivity index (χ0v) is 15.5. The summed E-state index contributed by atoms with van der Waals surface area (Å²) in [5.41, 5.74) is 6.06. The largest absolute Gasteiger partial charge is 0.465 e. The number of halogens is 1. The minimum atomic E-state index is -0.984. The van der Waals surface area contributed by atoms with Gasteiger partial charge in [-0.1, -0.05) is 6.08 Å². The average Bonchev–Trinajstić information content (AvgIpc) is 2.74. The van der Waals surface area contributed by atoms with Gasteiger partial charge >= 0.3 is 6.09 Å². The molecule has 0 aromatic carbocycles. The second kappa shape index (κ2) is 6.34. The van der Waals surface area contributed by atoms with Crippen molar-refractivity contribution in [1.82, 2.24) is 19.4 Å². The van der Waals surface area contributed by atoms with Gasteiger partial charge in [-0.05, 0) is 43.4 Å². The van der Waals surface area contributed by atoms with E-state index in [1.54, 1.807) is 6.08 Å². The van der Waals surface area contributed by atoms with Crippen molar-refractivity contribution in [2.75, 3.05) is 5.73 Å². The van der Waals surface area contributed by atoms with Gasteiger partial charge in [0.2, 0.25) is 0 Å². The van der Waals surface area contributed by atoms with Crippen LogP contribution in [-0.4, -0.2) is 42.2 Å². The molecule has 124 valence electrons. The fraction of sp³-hybridized carbons (Fsp3) is 0.400. The van der Waals surface area contributed by atoms with E-state index in [1.165, 1.54) is 11.2 Å². The second-order valence-electron chi connectivity index (χ2n) is 6.21. The number of amides is 1. The van der Waals surface area contributed by atoms with E-state index < -0.39 is 17.7 Å². The van der Waals surface area contributed by atoms with E-state index in [1.807, 2.05) is 31.5 Å². The van der Waals surface area contributed by atoms with Crippen molar-refractivity contribution in [3.05, 3.63) is 28.7 Å². The number of nitrogen functional groups attached to an aromatic ring is 1. The van der Waals surface area contributed by atoms with Crippen molar-refractivity contribution in [1.29, 1.82) is 0 Å². The highest BCUT2D eigenvalue weighted by molar-refractivity contribution is 14.1. The maximum Gasteiger partial charge on any atom is 0.408 e. The average molecular weight is 429 g/mol. The monoisotopic (exact) mass is 429 g/mol. The molecule has 0 unspecified atom stereocenters. The van der Waals surface area contributed by atoms with Crippen LogP contribution in [0.5, 0.6) is 0 Å². The molecule has 3 N–H and O–H groups in total. The first-order chi connectivity index (χ1) is 10.7. The molecule has 8 heteroatoms. The van der Waals surface area contributed by atoms with Crippen molar-refractivity contribution in [3.8, 4) is 0 Å². The molecule has 0 saturated heterocycles. The third-order valence-corrected chi connectivity index (χ3v) is 4.37. The zero-order chi connectivity index (χ0) is 17.4. The Balaban J connectivity index is 2.46. The first-order valence-corrected chi connectivity index (χ1v) is 8.14. The molecule has 0 saturated carbocycles. The molecule has 0 aliphatic carbocycles. The maximum absolute atomic E-state index is 11.7. The molecule has 0 bridgehead atoms. The van der Waals surface area contributed by atoms with Crippen molar-refractivity contribution in [2.45, 2.75) is 38.9 Å². The zero-order valence-electron chi connectivity index (χ0n) is 13.3. The molecule has 23 heavy (non-hydrogen) atoms. The Morgan fingerprint density at radius 2 is 2.22 bits per heavy atom. The number of anilines is 1. The Morgan fingerprint density at radius 1 is 1.57 bits per heavy atom. The Labute approximate surface area is 148 Å². The first-order valence-electron chi connectivity index (χ1n) is 7.06. The lowest BCUT2D eigenvalue weighted by Crippen LogP contribution is -2.51. The number of aromatic nitrogens is 3. The number of carbonyl (C=O) groups is 1. The summed E-state index contributed by atoms with van der Waals surface area (Å²) >= 11 is 2.17. The van der Waals surface area contributed by atoms with Crippen molar-refractivity contribution in [2.24, 2.45) is 0 Å². The summed E-state index contributed by atoms with van der Waals surface area (Å²) in [5.74, 6) is 0.416. The minimum Gasteiger partial charge on any atom is -0.465 e. The van der Waals surface area contributed by atoms with Crippen molar-refractivity contribution < 1.29 is 9.90 Å². The molecule has 2 aromatic heterocycles. The number of nitrogens with zero attached hydrogens (tertiary/aromatic N) is 4. The molecule has 0 spiro atoms. The van der Waals surface area contributed by atoms with Crippen LogP contribution in [0.25, 0.3) is 11.0 Å². The standard InChI is InChI=1S/C15H20IN5O2/c1-5-9(21(14(22)23)15(2,3)4)6-20-7-10(16)11-12(17)18-8-19-13(11)20/h5,7-9H,1,6H2,2-4H3,(H,22,23)(H2,17,18,19)/t9-/m0/s1. The van der Waals surface area contributed by atoms with Gasteiger partial charge in [-0.3, -0.25) is 4.90 Å². The first kappa shape index (κ1) is 17.5. The third-order valence-electron chi connectivity index (χ3n) is 3.55. The second-order valence-corrected chi connectivity index (χ2v) is 7.38. The quantitative estimate of drug-likeness (QED) is 0.576. The Bertz CT molecular complexity index is 750. The van der Waals surface area contributed by atoms with Gasteiger partial charge in [-0.15, -0.1) is 6.58 Å². The van der Waals surface area contributed by atoms with Gasteiger partial charge in [-0.25, -0.2) is 14.8 Å². The highest BCUT2D eigenvalue weighted by atomic mass is 127. The Kier molecular flexibility index (Phi) is 4.83. The number of carboxylic acid groups (broad SMARTS) is 1. The van der Waals surface area contributed by atoms with Gasteiger partial charge < -0.3 is 15.4 Å². The van der Waals surface area contributed by atoms with Crippen LogP contribution in [0.1, 0.15) is 20.8 Å². The number of hydrogen-bond acceptors (Lipinski definition) is 4. The lowest BCUT2D eigenvalue weighted by molar-refractivity contribution is 0.0788. The SMILES string of the molecule is C=C[C@@H](Cn1cc(I)c2c(N)ncnc21)N(C(=O)O)C(C)(C)C. The van der Waals surface area contributed by atoms with E-state index in [-0.39, 0.29) is 0 Å². The third kappa shape index (κ3) is 3.41. The van der Waals surface area contributed by atoms with Crippen LogP contribution in [0.4, 0.5) is 10.6 Å². The summed E-state index contributed by atoms with van der Waals surface area (Å²) in [6.45, 7) is 9.78. The Morgan fingerprint density at radius 3 is 2.74 bits per heavy atom. The molecular weight excluding hydrogens is 409 g/mol. The van der Waals surface area contributed by atoms with E-state index in [0.717, 1.165) is 8.96 Å². The molecule has 1 amide bonds. The lowest BCUT2D eigenvalue weighted by Gasteiger charge is -2.38. The lowest BCUT2D eigenvalue weighted by atomic mass is 10.0. The van der Waals surface area contributed by atoms with E-state index in [2.05, 4.69) is 39.1 Å². The van der Waals surface area contributed by atoms with Gasteiger partial charge in [0, 0.05) is 21.9 Å². The van der Waals surface area contributed by atoms with E-state index in [9.17, 15) is 9.90 Å². The minimum absolute atomic E-state index is 0.393. The maximum atomic E-state index is 11.7. The number of nitrogens with two attached hydrogens (primary N) is 1. The van der Waals surface area contributed by atoms with Crippen LogP contribution in [0, 0.1) is 3.57 Å². The predicted octanol–water partition coefficient (Wildman–Crippen LogP) is 2.95. The molecule has 0 aliphatic heterocycles. The van der Waals surface area contributed by atoms with Crippen LogP contribution in [0.2, 0.25) is 0 Å². The number of hydrogen-bond donors (Lipinski definition) is 2. The molecule has 0 aliphatic rings. The van der Waals surface area contributed by atoms with Crippen LogP contribution in [0.15, 0.2) is 25.2 Å². The summed E-state index contributed by atoms with van der Waals surface area (Å²) < 4.78 is 2.82. The van der Waals surface area contributed by atoms with Crippen molar-refractivity contribution in [3.63, 3.8) is 0 Å². The summed E-state index contributed by atoms with van der Waals surface area (Å²) in [5, 5.41) is 10.4. The Hall–Kier alpha value is -1.84. The fourth-order valence-electron chi connectivity index (χ4n) is 2.63. The topological polar surface area (TPSA) is 97.3 Å². The smallest absolute Gasteiger partial charge is 0.408 e. The molecular formula is C15H20IN5O2. The molecule has 1 atom stereocenters. The van der Waals surface area contributed by atoms with Gasteiger partial charge in [0.1, 0.15) is 17.8 Å². The predicted molar refractivity (Wildman–Crippen MR) is 98.3 cm³/mol. The number of rotatable bonds is 4. The number of fused-ring (bicyclic) bond motifs is 1. The van der Waals surface area contributed by atoms with E-state index in [4.69, 9.17) is 5.73 Å². The van der Waals surface area contributed by atoms with E-state index >= 15 is 0 Å². The highest BCUT2D eigenvalue weighted by Crippen LogP contribution is 2.27. The van der Waals surface area contributed by atoms with Crippen LogP contribution in [0.3, 0.4) is 0 Å². The van der Waals surface area contributed by atoms with Crippen LogP contribution in [-0.2, 0) is 6.54 Å². The molecule has 2 rings (SSSR count). The normalized spacial score (nSPS) is 13.0. The van der Waals surface area contributed by atoms with Gasteiger partial charge in [0.15, 0.2) is 0 Å². The van der Waals surface area contributed by atoms with Crippen LogP contribution >= 0.6 is 22.6 Å². The van der Waals surface area contributed by atoms with Gasteiger partial charge in [-0.2, -0.15) is 0 Å². The molecule has 2 aromatic rings. The van der Waals surface area contributed by atoms with Gasteiger partial charge in [0.25, 0.3) is 0 Å². The highest BCUT2D eigenvalue weighted by Gasteiger charge is 2.32. The molecule has 0 fully saturated rings. The van der Waals surface area contributed by atoms with Crippen LogP contribution < -0.4 is 5.73 Å². The summed E-state index contributed by atoms with van der Waals surface area (Å²) in [6.07, 6.45) is 3.96. The van der Waals surface area contributed by atoms with Gasteiger partial charge in [0.05, 0.1) is 11.4 Å². The molecule has 2 heterocycles. The van der Waals surface area contributed by atoms with Crippen molar-refractivity contribution >= 4 is 45.5 Å². The summed E-state index contributed by atoms with van der Waals surface area (Å²) in [4.78, 5) is 21.4. The summed E-state index contributed by atoms with van der Waals surface area (Å²) in [6, 6.07) is -0.393. The summed E-state index contributed by atoms with van der Waals surface area (Å²) in [7, 11) is 0. The fourth-order valence-corrected chi connectivity index (χ4v) is 3.48. The molecule has 0 radical (unpaired) electrons. The van der Waals surface area contributed by atoms with E-state index in [0.29, 0.717) is 18.0 Å². The molecule has 7 nitrogen and oxygen atoms in total.